The summed E-state index contributed by atoms with van der Waals surface area (Å²) in [6, 6.07) is 5.71. The first-order chi connectivity index (χ1) is 12.1. The van der Waals surface area contributed by atoms with Gasteiger partial charge in [0.2, 0.25) is 5.91 Å². The highest BCUT2D eigenvalue weighted by Crippen LogP contribution is 2.26. The number of nitrogens with one attached hydrogen (secondary N) is 2. The van der Waals surface area contributed by atoms with Crippen LogP contribution in [-0.2, 0) is 11.8 Å². The third-order valence-corrected chi connectivity index (χ3v) is 4.46. The summed E-state index contributed by atoms with van der Waals surface area (Å²) in [6.07, 6.45) is 0. The van der Waals surface area contributed by atoms with E-state index in [1.54, 1.807) is 36.7 Å². The van der Waals surface area contributed by atoms with E-state index in [1.807, 2.05) is 20.8 Å². The Kier molecular flexibility index (Phi) is 6.01. The fraction of sp³-hybridized carbons (Fsp3) is 0.412. The molecule has 0 aliphatic heterocycles. The predicted octanol–water partition coefficient (Wildman–Crippen LogP) is 2.73. The highest BCUT2D eigenvalue weighted by Gasteiger charge is 2.23. The first-order valence-corrected chi connectivity index (χ1v) is 8.90. The van der Waals surface area contributed by atoms with E-state index in [-0.39, 0.29) is 0 Å². The van der Waals surface area contributed by atoms with Gasteiger partial charge in [-0.2, -0.15) is 0 Å². The third-order valence-electron chi connectivity index (χ3n) is 3.33. The lowest BCUT2D eigenvalue weighted by Gasteiger charge is -2.21. The summed E-state index contributed by atoms with van der Waals surface area (Å²) < 4.78 is 15.6. The van der Waals surface area contributed by atoms with Gasteiger partial charge in [0, 0.05) is 12.6 Å². The second-order valence-electron chi connectivity index (χ2n) is 6.80. The van der Waals surface area contributed by atoms with Crippen molar-refractivity contribution in [2.45, 2.75) is 43.6 Å². The van der Waals surface area contributed by atoms with Crippen molar-refractivity contribution in [2.24, 2.45) is 7.05 Å². The van der Waals surface area contributed by atoms with E-state index in [2.05, 4.69) is 20.8 Å². The van der Waals surface area contributed by atoms with Crippen molar-refractivity contribution in [2.75, 3.05) is 0 Å². The van der Waals surface area contributed by atoms with E-state index in [4.69, 9.17) is 0 Å². The summed E-state index contributed by atoms with van der Waals surface area (Å²) in [5.41, 5.74) is -0.116. The Morgan fingerprint density at radius 2 is 1.88 bits per heavy atom. The number of imide groups is 1. The molecule has 0 spiro atoms. The number of rotatable bonds is 4. The molecule has 0 aliphatic rings. The second kappa shape index (κ2) is 7.86. The van der Waals surface area contributed by atoms with E-state index in [0.717, 1.165) is 11.8 Å². The fourth-order valence-electron chi connectivity index (χ4n) is 2.09. The van der Waals surface area contributed by atoms with Crippen molar-refractivity contribution >= 4 is 23.7 Å². The summed E-state index contributed by atoms with van der Waals surface area (Å²) in [5, 5.41) is 12.8. The van der Waals surface area contributed by atoms with Crippen LogP contribution >= 0.6 is 11.8 Å². The van der Waals surface area contributed by atoms with Gasteiger partial charge >= 0.3 is 6.03 Å². The van der Waals surface area contributed by atoms with Crippen LogP contribution in [0.4, 0.5) is 9.18 Å². The van der Waals surface area contributed by atoms with E-state index in [0.29, 0.717) is 16.5 Å². The lowest BCUT2D eigenvalue weighted by atomic mass is 10.1. The Labute approximate surface area is 155 Å². The monoisotopic (exact) mass is 379 g/mol. The van der Waals surface area contributed by atoms with Crippen molar-refractivity contribution in [3.8, 4) is 11.4 Å². The number of aromatic nitrogens is 3. The molecular weight excluding hydrogens is 357 g/mol. The topological polar surface area (TPSA) is 88.9 Å². The minimum Gasteiger partial charge on any atom is -0.333 e. The molecule has 2 aromatic rings. The highest BCUT2D eigenvalue weighted by atomic mass is 32.2. The van der Waals surface area contributed by atoms with Crippen LogP contribution in [0, 0.1) is 5.82 Å². The van der Waals surface area contributed by atoms with Crippen LogP contribution < -0.4 is 10.6 Å². The first-order valence-electron chi connectivity index (χ1n) is 8.02. The molecule has 1 heterocycles. The van der Waals surface area contributed by atoms with Crippen LogP contribution in [-0.4, -0.2) is 37.5 Å². The normalized spacial score (nSPS) is 12.5. The molecule has 0 aliphatic carbocycles. The molecule has 0 saturated heterocycles. The second-order valence-corrected chi connectivity index (χ2v) is 8.11. The largest absolute Gasteiger partial charge is 0.333 e. The van der Waals surface area contributed by atoms with Crippen molar-refractivity contribution in [3.05, 3.63) is 30.1 Å². The summed E-state index contributed by atoms with van der Waals surface area (Å²) in [5.74, 6) is -0.486. The number of carbonyl (C=O) groups is 2. The number of hydrogen-bond acceptors (Lipinski definition) is 5. The zero-order valence-electron chi connectivity index (χ0n) is 15.3. The molecular formula is C17H22FN5O2S. The SMILES string of the molecule is C[C@H](Sc1nnc(-c2ccccc2F)n1C)C(=O)NC(=O)NC(C)(C)C. The molecule has 1 aromatic carbocycles. The maximum Gasteiger partial charge on any atom is 0.321 e. The van der Waals surface area contributed by atoms with Crippen molar-refractivity contribution in [1.29, 1.82) is 0 Å². The Bertz CT molecular complexity index is 816. The van der Waals surface area contributed by atoms with Crippen molar-refractivity contribution in [3.63, 3.8) is 0 Å². The molecule has 26 heavy (non-hydrogen) atoms. The van der Waals surface area contributed by atoms with Crippen molar-refractivity contribution in [1.82, 2.24) is 25.4 Å². The van der Waals surface area contributed by atoms with Crippen LogP contribution in [0.3, 0.4) is 0 Å². The Hall–Kier alpha value is -2.42. The van der Waals surface area contributed by atoms with E-state index < -0.39 is 28.5 Å². The Balaban J connectivity index is 2.06. The Morgan fingerprint density at radius 1 is 1.23 bits per heavy atom. The van der Waals surface area contributed by atoms with Gasteiger partial charge in [0.1, 0.15) is 5.82 Å². The lowest BCUT2D eigenvalue weighted by Crippen LogP contribution is -2.49. The maximum atomic E-state index is 13.9. The zero-order chi connectivity index (χ0) is 19.5. The van der Waals surface area contributed by atoms with Crippen LogP contribution in [0.15, 0.2) is 29.4 Å². The number of halogens is 1. The fourth-order valence-corrected chi connectivity index (χ4v) is 2.91. The number of thioether (sulfide) groups is 1. The molecule has 9 heteroatoms. The van der Waals surface area contributed by atoms with Gasteiger partial charge in [0.05, 0.1) is 10.8 Å². The van der Waals surface area contributed by atoms with Gasteiger partial charge in [-0.25, -0.2) is 9.18 Å². The first kappa shape index (κ1) is 19.9. The molecule has 0 bridgehead atoms. The van der Waals surface area contributed by atoms with E-state index >= 15 is 0 Å². The molecule has 1 atom stereocenters. The smallest absolute Gasteiger partial charge is 0.321 e. The summed E-state index contributed by atoms with van der Waals surface area (Å²) in [4.78, 5) is 24.0. The minimum absolute atomic E-state index is 0.330. The summed E-state index contributed by atoms with van der Waals surface area (Å²) in [6.45, 7) is 7.11. The van der Waals surface area contributed by atoms with Gasteiger partial charge in [0.15, 0.2) is 11.0 Å². The molecule has 3 amide bonds. The number of carbonyl (C=O) groups excluding carboxylic acids is 2. The molecule has 0 radical (unpaired) electrons. The van der Waals surface area contributed by atoms with Gasteiger partial charge in [0.25, 0.3) is 0 Å². The van der Waals surface area contributed by atoms with Crippen LogP contribution in [0.25, 0.3) is 11.4 Å². The lowest BCUT2D eigenvalue weighted by molar-refractivity contribution is -0.119. The van der Waals surface area contributed by atoms with Gasteiger partial charge < -0.3 is 9.88 Å². The average Bonchev–Trinajstić information content (AvgIpc) is 2.86. The zero-order valence-corrected chi connectivity index (χ0v) is 16.1. The van der Waals surface area contributed by atoms with E-state index in [1.165, 1.54) is 6.07 Å². The van der Waals surface area contributed by atoms with Crippen LogP contribution in [0.1, 0.15) is 27.7 Å². The van der Waals surface area contributed by atoms with E-state index in [9.17, 15) is 14.0 Å². The molecule has 1 aromatic heterocycles. The Morgan fingerprint density at radius 3 is 2.50 bits per heavy atom. The molecule has 0 fully saturated rings. The number of nitrogens with zero attached hydrogens (tertiary/aromatic N) is 3. The van der Waals surface area contributed by atoms with Crippen LogP contribution in [0.5, 0.6) is 0 Å². The quantitative estimate of drug-likeness (QED) is 0.798. The van der Waals surface area contributed by atoms with Crippen molar-refractivity contribution < 1.29 is 14.0 Å². The van der Waals surface area contributed by atoms with Crippen LogP contribution in [0.2, 0.25) is 0 Å². The summed E-state index contributed by atoms with van der Waals surface area (Å²) >= 11 is 1.13. The number of hydrogen-bond donors (Lipinski definition) is 2. The standard InChI is InChI=1S/C17H22FN5O2S/c1-10(14(24)19-15(25)20-17(2,3)4)26-16-22-21-13(23(16)5)11-8-6-7-9-12(11)18/h6-10H,1-5H3,(H2,19,20,24,25)/t10-/m0/s1. The highest BCUT2D eigenvalue weighted by molar-refractivity contribution is 8.00. The number of urea groups is 1. The molecule has 140 valence electrons. The molecule has 0 saturated carbocycles. The third kappa shape index (κ3) is 5.04. The predicted molar refractivity (Wildman–Crippen MR) is 98.1 cm³/mol. The minimum atomic E-state index is -0.586. The molecule has 7 nitrogen and oxygen atoms in total. The molecule has 0 unspecified atom stereocenters. The van der Waals surface area contributed by atoms with Gasteiger partial charge in [-0.05, 0) is 39.8 Å². The maximum absolute atomic E-state index is 13.9. The molecule has 2 N–H and O–H groups in total. The van der Waals surface area contributed by atoms with Gasteiger partial charge in [-0.3, -0.25) is 10.1 Å². The van der Waals surface area contributed by atoms with Gasteiger partial charge in [-0.1, -0.05) is 23.9 Å². The van der Waals surface area contributed by atoms with Gasteiger partial charge in [-0.15, -0.1) is 10.2 Å². The average molecular weight is 379 g/mol. The number of amides is 3. The molecule has 2 rings (SSSR count). The summed E-state index contributed by atoms with van der Waals surface area (Å²) in [7, 11) is 1.70. The number of benzene rings is 1.